The van der Waals surface area contributed by atoms with E-state index in [0.29, 0.717) is 0 Å². The summed E-state index contributed by atoms with van der Waals surface area (Å²) in [5.74, 6) is 6.66. The summed E-state index contributed by atoms with van der Waals surface area (Å²) in [4.78, 5) is 0. The van der Waals surface area contributed by atoms with Crippen LogP contribution in [0, 0.1) is 0 Å². The molecule has 3 rings (SSSR count). The molecule has 1 aliphatic carbocycles. The van der Waals surface area contributed by atoms with Crippen LogP contribution in [0.4, 0.5) is 0 Å². The summed E-state index contributed by atoms with van der Waals surface area (Å²) in [5.41, 5.74) is 8.36. The first-order valence-electron chi connectivity index (χ1n) is 7.51. The third-order valence-corrected chi connectivity index (χ3v) is 4.32. The number of hydrogen-bond donors (Lipinski definition) is 2. The van der Waals surface area contributed by atoms with Crippen molar-refractivity contribution in [1.82, 2.24) is 5.43 Å². The number of nitrogens with one attached hydrogen (secondary N) is 1. The maximum absolute atomic E-state index is 5.78. The van der Waals surface area contributed by atoms with Gasteiger partial charge in [-0.25, -0.2) is 0 Å². The quantitative estimate of drug-likeness (QED) is 0.655. The van der Waals surface area contributed by atoms with Gasteiger partial charge in [0.25, 0.3) is 0 Å². The van der Waals surface area contributed by atoms with Crippen molar-refractivity contribution in [3.63, 3.8) is 0 Å². The summed E-state index contributed by atoms with van der Waals surface area (Å²) in [6.45, 7) is 0. The van der Waals surface area contributed by atoms with Gasteiger partial charge in [0.2, 0.25) is 0 Å². The summed E-state index contributed by atoms with van der Waals surface area (Å²) < 4.78 is 5.44. The zero-order valence-electron chi connectivity index (χ0n) is 12.4. The van der Waals surface area contributed by atoms with Gasteiger partial charge in [0.1, 0.15) is 5.75 Å². The number of hydrogen-bond acceptors (Lipinski definition) is 3. The standard InChI is InChI=1S/C18H22N2O/c1-21-18-8-3-2-7-16(18)17(20-19)12-13-9-10-14-5-4-6-15(14)11-13/h2-3,7-11,17,20H,4-6,12,19H2,1H3. The number of fused-ring (bicyclic) bond motifs is 1. The number of para-hydroxylation sites is 1. The number of ether oxygens (including phenoxy) is 1. The van der Waals surface area contributed by atoms with Crippen molar-refractivity contribution in [3.8, 4) is 5.75 Å². The van der Waals surface area contributed by atoms with Crippen LogP contribution in [0.5, 0.6) is 5.75 Å². The summed E-state index contributed by atoms with van der Waals surface area (Å²) >= 11 is 0. The fraction of sp³-hybridized carbons (Fsp3) is 0.333. The molecule has 0 amide bonds. The normalized spacial score (nSPS) is 14.8. The van der Waals surface area contributed by atoms with Gasteiger partial charge in [0.05, 0.1) is 13.2 Å². The number of benzene rings is 2. The van der Waals surface area contributed by atoms with Crippen LogP contribution in [0.1, 0.15) is 34.7 Å². The minimum atomic E-state index is 0.0561. The van der Waals surface area contributed by atoms with Gasteiger partial charge in [0, 0.05) is 5.56 Å². The first-order chi connectivity index (χ1) is 10.3. The molecule has 1 unspecified atom stereocenters. The Bertz CT molecular complexity index is 624. The molecule has 3 N–H and O–H groups in total. The van der Waals surface area contributed by atoms with Crippen molar-refractivity contribution in [3.05, 3.63) is 64.7 Å². The molecule has 0 aromatic heterocycles. The van der Waals surface area contributed by atoms with Crippen molar-refractivity contribution in [1.29, 1.82) is 0 Å². The lowest BCUT2D eigenvalue weighted by molar-refractivity contribution is 0.399. The van der Waals surface area contributed by atoms with Gasteiger partial charge in [-0.2, -0.15) is 0 Å². The molecule has 1 aliphatic rings. The van der Waals surface area contributed by atoms with Crippen LogP contribution in [0.25, 0.3) is 0 Å². The molecule has 0 spiro atoms. The van der Waals surface area contributed by atoms with Crippen molar-refractivity contribution in [2.45, 2.75) is 31.7 Å². The van der Waals surface area contributed by atoms with Crippen molar-refractivity contribution >= 4 is 0 Å². The molecule has 3 nitrogen and oxygen atoms in total. The molecule has 2 aromatic carbocycles. The van der Waals surface area contributed by atoms with Gasteiger partial charge in [-0.3, -0.25) is 11.3 Å². The van der Waals surface area contributed by atoms with Crippen LogP contribution in [-0.2, 0) is 19.3 Å². The second-order valence-electron chi connectivity index (χ2n) is 5.62. The highest BCUT2D eigenvalue weighted by atomic mass is 16.5. The highest BCUT2D eigenvalue weighted by Crippen LogP contribution is 2.29. The van der Waals surface area contributed by atoms with E-state index in [0.717, 1.165) is 17.7 Å². The summed E-state index contributed by atoms with van der Waals surface area (Å²) in [6, 6.07) is 14.9. The van der Waals surface area contributed by atoms with Crippen LogP contribution < -0.4 is 16.0 Å². The molecule has 0 heterocycles. The number of aryl methyl sites for hydroxylation is 2. The zero-order chi connectivity index (χ0) is 14.7. The number of nitrogens with two attached hydrogens (primary N) is 1. The molecule has 0 bridgehead atoms. The van der Waals surface area contributed by atoms with Gasteiger partial charge in [-0.1, -0.05) is 36.4 Å². The van der Waals surface area contributed by atoms with Crippen LogP contribution in [0.3, 0.4) is 0 Å². The predicted octanol–water partition coefficient (Wildman–Crippen LogP) is 2.93. The fourth-order valence-electron chi connectivity index (χ4n) is 3.20. The molecular weight excluding hydrogens is 260 g/mol. The lowest BCUT2D eigenvalue weighted by Crippen LogP contribution is -2.30. The minimum Gasteiger partial charge on any atom is -0.496 e. The third kappa shape index (κ3) is 2.94. The van der Waals surface area contributed by atoms with E-state index < -0.39 is 0 Å². The van der Waals surface area contributed by atoms with Gasteiger partial charge in [-0.05, 0) is 48.4 Å². The highest BCUT2D eigenvalue weighted by Gasteiger charge is 2.17. The zero-order valence-corrected chi connectivity index (χ0v) is 12.4. The molecule has 21 heavy (non-hydrogen) atoms. The third-order valence-electron chi connectivity index (χ3n) is 4.32. The lowest BCUT2D eigenvalue weighted by atomic mass is 9.96. The van der Waals surface area contributed by atoms with Gasteiger partial charge < -0.3 is 4.74 Å². The molecule has 0 saturated carbocycles. The number of hydrazine groups is 1. The van der Waals surface area contributed by atoms with Gasteiger partial charge in [0.15, 0.2) is 0 Å². The molecule has 3 heteroatoms. The SMILES string of the molecule is COc1ccccc1C(Cc1ccc2c(c1)CCC2)NN. The smallest absolute Gasteiger partial charge is 0.123 e. The van der Waals surface area contributed by atoms with E-state index in [-0.39, 0.29) is 6.04 Å². The molecule has 2 aromatic rings. The Labute approximate surface area is 126 Å². The summed E-state index contributed by atoms with van der Waals surface area (Å²) in [5, 5.41) is 0. The Balaban J connectivity index is 1.84. The van der Waals surface area contributed by atoms with E-state index in [1.54, 1.807) is 7.11 Å². The van der Waals surface area contributed by atoms with E-state index in [4.69, 9.17) is 10.6 Å². The maximum Gasteiger partial charge on any atom is 0.123 e. The van der Waals surface area contributed by atoms with E-state index in [1.807, 2.05) is 18.2 Å². The molecule has 0 radical (unpaired) electrons. The van der Waals surface area contributed by atoms with Crippen LogP contribution in [-0.4, -0.2) is 7.11 Å². The second-order valence-corrected chi connectivity index (χ2v) is 5.62. The van der Waals surface area contributed by atoms with Crippen LogP contribution in [0.15, 0.2) is 42.5 Å². The van der Waals surface area contributed by atoms with E-state index in [2.05, 4.69) is 29.7 Å². The van der Waals surface area contributed by atoms with Crippen molar-refractivity contribution < 1.29 is 4.74 Å². The molecule has 110 valence electrons. The Morgan fingerprint density at radius 1 is 1.14 bits per heavy atom. The molecule has 0 fully saturated rings. The largest absolute Gasteiger partial charge is 0.496 e. The predicted molar refractivity (Wildman–Crippen MR) is 85.2 cm³/mol. The lowest BCUT2D eigenvalue weighted by Gasteiger charge is -2.19. The van der Waals surface area contributed by atoms with Crippen molar-refractivity contribution in [2.75, 3.05) is 7.11 Å². The Morgan fingerprint density at radius 3 is 2.76 bits per heavy atom. The fourth-order valence-corrected chi connectivity index (χ4v) is 3.20. The monoisotopic (exact) mass is 282 g/mol. The Hall–Kier alpha value is -1.84. The van der Waals surface area contributed by atoms with Gasteiger partial charge >= 0.3 is 0 Å². The first kappa shape index (κ1) is 14.1. The topological polar surface area (TPSA) is 47.3 Å². The van der Waals surface area contributed by atoms with Crippen molar-refractivity contribution in [2.24, 2.45) is 5.84 Å². The Morgan fingerprint density at radius 2 is 1.95 bits per heavy atom. The molecule has 0 aliphatic heterocycles. The highest BCUT2D eigenvalue weighted by molar-refractivity contribution is 5.39. The summed E-state index contributed by atoms with van der Waals surface area (Å²) in [6.07, 6.45) is 4.58. The van der Waals surface area contributed by atoms with Crippen LogP contribution >= 0.6 is 0 Å². The molecule has 0 saturated heterocycles. The number of methoxy groups -OCH3 is 1. The Kier molecular flexibility index (Phi) is 4.23. The molecule has 1 atom stereocenters. The van der Waals surface area contributed by atoms with Gasteiger partial charge in [-0.15, -0.1) is 0 Å². The van der Waals surface area contributed by atoms with E-state index in [1.165, 1.54) is 36.0 Å². The van der Waals surface area contributed by atoms with E-state index in [9.17, 15) is 0 Å². The number of rotatable bonds is 5. The first-order valence-corrected chi connectivity index (χ1v) is 7.51. The summed E-state index contributed by atoms with van der Waals surface area (Å²) in [7, 11) is 1.70. The second kappa shape index (κ2) is 6.29. The average Bonchev–Trinajstić information content (AvgIpc) is 3.00. The average molecular weight is 282 g/mol. The minimum absolute atomic E-state index is 0.0561. The maximum atomic E-state index is 5.78. The molecular formula is C18H22N2O. The van der Waals surface area contributed by atoms with E-state index >= 15 is 0 Å². The van der Waals surface area contributed by atoms with Crippen LogP contribution in [0.2, 0.25) is 0 Å².